The number of rotatable bonds is 1. The van der Waals surface area contributed by atoms with Crippen molar-refractivity contribution in [1.82, 2.24) is 0 Å². The lowest BCUT2D eigenvalue weighted by Crippen LogP contribution is -2.29. The van der Waals surface area contributed by atoms with Gasteiger partial charge in [0, 0.05) is 16.6 Å². The van der Waals surface area contributed by atoms with E-state index >= 15 is 0 Å². The minimum Gasteiger partial charge on any atom is -0.289 e. The van der Waals surface area contributed by atoms with Gasteiger partial charge in [0.25, 0.3) is 0 Å². The summed E-state index contributed by atoms with van der Waals surface area (Å²) in [6, 6.07) is 14.2. The summed E-state index contributed by atoms with van der Waals surface area (Å²) in [5.41, 5.74) is 7.81. The van der Waals surface area contributed by atoms with Gasteiger partial charge in [0.05, 0.1) is 11.6 Å². The molecule has 0 aromatic heterocycles. The van der Waals surface area contributed by atoms with Crippen molar-refractivity contribution in [3.63, 3.8) is 0 Å². The van der Waals surface area contributed by atoms with E-state index in [0.717, 1.165) is 40.7 Å². The predicted octanol–water partition coefficient (Wildman–Crippen LogP) is 4.60. The molecule has 2 nitrogen and oxygen atoms in total. The third-order valence-electron chi connectivity index (χ3n) is 5.56. The van der Waals surface area contributed by atoms with Gasteiger partial charge in [0.2, 0.25) is 0 Å². The van der Waals surface area contributed by atoms with Crippen LogP contribution < -0.4 is 0 Å². The summed E-state index contributed by atoms with van der Waals surface area (Å²) < 4.78 is 0. The maximum absolute atomic E-state index is 13.2. The SMILES string of the molecule is CCc1ccc2c(c1)C(=O)C1=C(Cc3cc(C#N)ccc31)C2(C)C. The fourth-order valence-corrected chi connectivity index (χ4v) is 4.13. The number of allylic oxidation sites excluding steroid dienone is 2. The van der Waals surface area contributed by atoms with Gasteiger partial charge in [0.15, 0.2) is 5.78 Å². The maximum Gasteiger partial charge on any atom is 0.193 e. The van der Waals surface area contributed by atoms with E-state index in [2.05, 4.69) is 45.0 Å². The Morgan fingerprint density at radius 3 is 2.62 bits per heavy atom. The Balaban J connectivity index is 1.95. The van der Waals surface area contributed by atoms with Crippen LogP contribution in [0.5, 0.6) is 0 Å². The minimum atomic E-state index is -0.170. The number of carbonyl (C=O) groups excluding carboxylic acids is 1. The first-order chi connectivity index (χ1) is 11.5. The van der Waals surface area contributed by atoms with Crippen LogP contribution in [-0.4, -0.2) is 5.78 Å². The third kappa shape index (κ3) is 1.85. The molecule has 0 amide bonds. The zero-order valence-corrected chi connectivity index (χ0v) is 14.2. The van der Waals surface area contributed by atoms with Gasteiger partial charge < -0.3 is 0 Å². The Hall–Kier alpha value is -2.66. The van der Waals surface area contributed by atoms with Crippen molar-refractivity contribution in [1.29, 1.82) is 5.26 Å². The van der Waals surface area contributed by atoms with Gasteiger partial charge in [-0.15, -0.1) is 0 Å². The van der Waals surface area contributed by atoms with Crippen molar-refractivity contribution >= 4 is 11.4 Å². The second kappa shape index (κ2) is 4.92. The molecule has 0 radical (unpaired) electrons. The summed E-state index contributed by atoms with van der Waals surface area (Å²) in [5, 5.41) is 9.15. The van der Waals surface area contributed by atoms with E-state index in [0.29, 0.717) is 5.56 Å². The highest BCUT2D eigenvalue weighted by atomic mass is 16.1. The molecule has 118 valence electrons. The van der Waals surface area contributed by atoms with E-state index < -0.39 is 0 Å². The Labute approximate surface area is 142 Å². The van der Waals surface area contributed by atoms with Crippen molar-refractivity contribution in [3.05, 3.63) is 75.4 Å². The van der Waals surface area contributed by atoms with Crippen molar-refractivity contribution in [2.75, 3.05) is 0 Å². The minimum absolute atomic E-state index is 0.137. The molecule has 2 aromatic rings. The highest BCUT2D eigenvalue weighted by Crippen LogP contribution is 2.49. The first-order valence-electron chi connectivity index (χ1n) is 8.42. The highest BCUT2D eigenvalue weighted by Gasteiger charge is 2.42. The first-order valence-corrected chi connectivity index (χ1v) is 8.42. The van der Waals surface area contributed by atoms with E-state index in [1.165, 1.54) is 11.1 Å². The van der Waals surface area contributed by atoms with Crippen LogP contribution in [0.25, 0.3) is 5.57 Å². The van der Waals surface area contributed by atoms with Crippen LogP contribution in [0, 0.1) is 11.3 Å². The van der Waals surface area contributed by atoms with Gasteiger partial charge in [0.1, 0.15) is 0 Å². The Bertz CT molecular complexity index is 970. The van der Waals surface area contributed by atoms with Gasteiger partial charge in [-0.05, 0) is 58.9 Å². The first kappa shape index (κ1) is 14.9. The Morgan fingerprint density at radius 2 is 1.92 bits per heavy atom. The maximum atomic E-state index is 13.2. The zero-order chi connectivity index (χ0) is 17.1. The quantitative estimate of drug-likeness (QED) is 0.771. The lowest BCUT2D eigenvalue weighted by atomic mass is 9.68. The van der Waals surface area contributed by atoms with Gasteiger partial charge >= 0.3 is 0 Å². The smallest absolute Gasteiger partial charge is 0.193 e. The van der Waals surface area contributed by atoms with Gasteiger partial charge in [-0.1, -0.05) is 39.0 Å². The molecule has 0 aliphatic heterocycles. The van der Waals surface area contributed by atoms with Gasteiger partial charge in [-0.25, -0.2) is 0 Å². The molecular weight excluding hydrogens is 294 g/mol. The fourth-order valence-electron chi connectivity index (χ4n) is 4.13. The van der Waals surface area contributed by atoms with Gasteiger partial charge in [-0.2, -0.15) is 5.26 Å². The number of aryl methyl sites for hydroxylation is 1. The molecule has 0 saturated carbocycles. The molecule has 0 bridgehead atoms. The molecule has 4 rings (SSSR count). The number of nitriles is 1. The topological polar surface area (TPSA) is 40.9 Å². The van der Waals surface area contributed by atoms with E-state index in [1.807, 2.05) is 18.2 Å². The summed E-state index contributed by atoms with van der Waals surface area (Å²) in [7, 11) is 0. The zero-order valence-electron chi connectivity index (χ0n) is 14.2. The molecule has 0 fully saturated rings. The van der Waals surface area contributed by atoms with Crippen LogP contribution in [-0.2, 0) is 18.3 Å². The molecule has 0 unspecified atom stereocenters. The van der Waals surface area contributed by atoms with E-state index in [-0.39, 0.29) is 11.2 Å². The van der Waals surface area contributed by atoms with Crippen molar-refractivity contribution in [2.45, 2.75) is 39.0 Å². The second-order valence-corrected chi connectivity index (χ2v) is 7.20. The predicted molar refractivity (Wildman–Crippen MR) is 95.0 cm³/mol. The number of carbonyl (C=O) groups is 1. The summed E-state index contributed by atoms with van der Waals surface area (Å²) in [6.07, 6.45) is 1.68. The molecule has 2 aromatic carbocycles. The van der Waals surface area contributed by atoms with Gasteiger partial charge in [-0.3, -0.25) is 4.79 Å². The summed E-state index contributed by atoms with van der Waals surface area (Å²) in [4.78, 5) is 13.2. The summed E-state index contributed by atoms with van der Waals surface area (Å²) in [6.45, 7) is 6.52. The molecule has 0 atom stereocenters. The molecule has 0 N–H and O–H groups in total. The van der Waals surface area contributed by atoms with E-state index in [9.17, 15) is 4.79 Å². The lowest BCUT2D eigenvalue weighted by Gasteiger charge is -2.34. The Morgan fingerprint density at radius 1 is 1.12 bits per heavy atom. The van der Waals surface area contributed by atoms with E-state index in [1.54, 1.807) is 0 Å². The van der Waals surface area contributed by atoms with Crippen LogP contribution in [0.3, 0.4) is 0 Å². The number of Topliss-reactive ketones (excluding diaryl/α,β-unsaturated/α-hetero) is 1. The van der Waals surface area contributed by atoms with Crippen molar-refractivity contribution in [2.24, 2.45) is 0 Å². The second-order valence-electron chi connectivity index (χ2n) is 7.20. The number of benzene rings is 2. The van der Waals surface area contributed by atoms with Crippen LogP contribution in [0.2, 0.25) is 0 Å². The highest BCUT2D eigenvalue weighted by molar-refractivity contribution is 6.33. The number of hydrogen-bond acceptors (Lipinski definition) is 2. The molecule has 0 saturated heterocycles. The molecule has 0 heterocycles. The average molecular weight is 313 g/mol. The monoisotopic (exact) mass is 313 g/mol. The number of nitrogens with zero attached hydrogens (tertiary/aromatic N) is 1. The number of fused-ring (bicyclic) bond motifs is 3. The molecule has 24 heavy (non-hydrogen) atoms. The van der Waals surface area contributed by atoms with Crippen molar-refractivity contribution < 1.29 is 4.79 Å². The molecule has 2 aliphatic carbocycles. The molecular formula is C22H19NO. The summed E-state index contributed by atoms with van der Waals surface area (Å²) in [5.74, 6) is 0.137. The third-order valence-corrected chi connectivity index (χ3v) is 5.56. The molecule has 2 heteroatoms. The van der Waals surface area contributed by atoms with Crippen LogP contribution in [0.1, 0.15) is 58.9 Å². The number of ketones is 1. The fraction of sp³-hybridized carbons (Fsp3) is 0.273. The Kier molecular flexibility index (Phi) is 3.05. The van der Waals surface area contributed by atoms with Crippen LogP contribution in [0.15, 0.2) is 42.0 Å². The molecule has 2 aliphatic rings. The average Bonchev–Trinajstić information content (AvgIpc) is 2.99. The lowest BCUT2D eigenvalue weighted by molar-refractivity contribution is 0.105. The normalized spacial score (nSPS) is 17.2. The van der Waals surface area contributed by atoms with E-state index in [4.69, 9.17) is 5.26 Å². The van der Waals surface area contributed by atoms with Crippen LogP contribution in [0.4, 0.5) is 0 Å². The number of hydrogen-bond donors (Lipinski definition) is 0. The van der Waals surface area contributed by atoms with Crippen LogP contribution >= 0.6 is 0 Å². The standard InChI is InChI=1S/C22H19NO/c1-4-13-6-8-18-17(10-13)21(24)20-16-7-5-14(12-23)9-15(16)11-19(20)22(18,2)3/h5-10H,4,11H2,1-3H3. The largest absolute Gasteiger partial charge is 0.289 e. The molecule has 0 spiro atoms. The summed E-state index contributed by atoms with van der Waals surface area (Å²) >= 11 is 0. The van der Waals surface area contributed by atoms with Crippen molar-refractivity contribution in [3.8, 4) is 6.07 Å².